The second kappa shape index (κ2) is 9.75. The molecule has 0 aliphatic carbocycles. The molecule has 2 heterocycles. The summed E-state index contributed by atoms with van der Waals surface area (Å²) in [6.07, 6.45) is 3.88. The molecule has 1 N–H and O–H groups in total. The van der Waals surface area contributed by atoms with Gasteiger partial charge in [-0.3, -0.25) is 14.6 Å². The lowest BCUT2D eigenvalue weighted by atomic mass is 9.95. The Labute approximate surface area is 182 Å². The summed E-state index contributed by atoms with van der Waals surface area (Å²) in [5.74, 6) is -0.851. The Morgan fingerprint density at radius 1 is 1.19 bits per heavy atom. The number of methoxy groups -OCH3 is 1. The van der Waals surface area contributed by atoms with Crippen LogP contribution in [0.5, 0.6) is 5.75 Å². The number of likely N-dealkylation sites (tertiary alicyclic amines) is 1. The first kappa shape index (κ1) is 22.5. The molecule has 164 valence electrons. The molecule has 1 atom stereocenters. The van der Waals surface area contributed by atoms with E-state index in [1.165, 1.54) is 4.90 Å². The zero-order chi connectivity index (χ0) is 22.5. The van der Waals surface area contributed by atoms with Gasteiger partial charge in [0.15, 0.2) is 0 Å². The first-order chi connectivity index (χ1) is 14.8. The van der Waals surface area contributed by atoms with Crippen molar-refractivity contribution in [1.82, 2.24) is 9.88 Å². The van der Waals surface area contributed by atoms with Crippen LogP contribution >= 0.6 is 0 Å². The maximum atomic E-state index is 13.0. The van der Waals surface area contributed by atoms with E-state index in [0.29, 0.717) is 36.4 Å². The van der Waals surface area contributed by atoms with E-state index in [-0.39, 0.29) is 17.4 Å². The molecule has 7 nitrogen and oxygen atoms in total. The summed E-state index contributed by atoms with van der Waals surface area (Å²) in [5.41, 5.74) is 2.06. The summed E-state index contributed by atoms with van der Waals surface area (Å²) in [5, 5.41) is 11.1. The third-order valence-corrected chi connectivity index (χ3v) is 5.22. The molecule has 3 rings (SSSR count). The van der Waals surface area contributed by atoms with E-state index in [1.54, 1.807) is 49.8 Å². The highest BCUT2D eigenvalue weighted by molar-refractivity contribution is 6.46. The monoisotopic (exact) mass is 424 g/mol. The quantitative estimate of drug-likeness (QED) is 0.301. The lowest BCUT2D eigenvalue weighted by molar-refractivity contribution is -0.140. The number of benzene rings is 1. The SMILES string of the molecule is COc1ccc(/C(O)=C2/C(=O)C(=O)N(CCCOC(C)C)C2c2ccncc2)cc1C. The van der Waals surface area contributed by atoms with Crippen molar-refractivity contribution in [2.45, 2.75) is 39.3 Å². The average Bonchev–Trinajstić information content (AvgIpc) is 3.01. The number of carbonyl (C=O) groups is 2. The van der Waals surface area contributed by atoms with E-state index < -0.39 is 17.7 Å². The number of nitrogens with zero attached hydrogens (tertiary/aromatic N) is 2. The molecule has 0 saturated carbocycles. The fourth-order valence-electron chi connectivity index (χ4n) is 3.74. The van der Waals surface area contributed by atoms with Crippen molar-refractivity contribution in [1.29, 1.82) is 0 Å². The largest absolute Gasteiger partial charge is 0.507 e. The summed E-state index contributed by atoms with van der Waals surface area (Å²) < 4.78 is 10.9. The highest BCUT2D eigenvalue weighted by Gasteiger charge is 2.45. The Balaban J connectivity index is 2.02. The predicted octanol–water partition coefficient (Wildman–Crippen LogP) is 3.64. The molecule has 31 heavy (non-hydrogen) atoms. The molecule has 7 heteroatoms. The molecule has 1 aromatic carbocycles. The van der Waals surface area contributed by atoms with Crippen molar-refractivity contribution in [3.8, 4) is 5.75 Å². The minimum absolute atomic E-state index is 0.0746. The number of amides is 1. The Kier molecular flexibility index (Phi) is 7.07. The number of ether oxygens (including phenoxy) is 2. The first-order valence-electron chi connectivity index (χ1n) is 10.3. The number of Topliss-reactive ketones (excluding diaryl/α,β-unsaturated/α-hetero) is 1. The number of hydrogen-bond acceptors (Lipinski definition) is 6. The van der Waals surface area contributed by atoms with Crippen LogP contribution in [0.3, 0.4) is 0 Å². The number of aryl methyl sites for hydroxylation is 1. The summed E-state index contributed by atoms with van der Waals surface area (Å²) in [6, 6.07) is 7.95. The lowest BCUT2D eigenvalue weighted by Gasteiger charge is -2.25. The molecule has 0 bridgehead atoms. The normalized spacial score (nSPS) is 18.1. The summed E-state index contributed by atoms with van der Waals surface area (Å²) in [7, 11) is 1.57. The Bertz CT molecular complexity index is 985. The highest BCUT2D eigenvalue weighted by Crippen LogP contribution is 2.39. The van der Waals surface area contributed by atoms with Gasteiger partial charge in [0.05, 0.1) is 24.8 Å². The van der Waals surface area contributed by atoms with Crippen LogP contribution in [-0.2, 0) is 14.3 Å². The zero-order valence-corrected chi connectivity index (χ0v) is 18.3. The van der Waals surface area contributed by atoms with E-state index >= 15 is 0 Å². The zero-order valence-electron chi connectivity index (χ0n) is 18.3. The van der Waals surface area contributed by atoms with Gasteiger partial charge in [0.25, 0.3) is 11.7 Å². The van der Waals surface area contributed by atoms with Gasteiger partial charge in [0.2, 0.25) is 0 Å². The van der Waals surface area contributed by atoms with Crippen molar-refractivity contribution in [2.24, 2.45) is 0 Å². The molecule has 2 aromatic rings. The maximum Gasteiger partial charge on any atom is 0.295 e. The molecule has 1 unspecified atom stereocenters. The Morgan fingerprint density at radius 3 is 2.52 bits per heavy atom. The van der Waals surface area contributed by atoms with Gasteiger partial charge >= 0.3 is 0 Å². The van der Waals surface area contributed by atoms with Gasteiger partial charge < -0.3 is 19.5 Å². The molecule has 1 aliphatic heterocycles. The first-order valence-corrected chi connectivity index (χ1v) is 10.3. The third-order valence-electron chi connectivity index (χ3n) is 5.22. The molecule has 0 radical (unpaired) electrons. The lowest BCUT2D eigenvalue weighted by Crippen LogP contribution is -2.31. The minimum atomic E-state index is -0.697. The molecular formula is C24H28N2O5. The van der Waals surface area contributed by atoms with Crippen molar-refractivity contribution >= 4 is 17.4 Å². The standard InChI is InChI=1S/C24H28N2O5/c1-15(2)31-13-5-12-26-21(17-8-10-25-11-9-17)20(23(28)24(26)29)22(27)18-6-7-19(30-4)16(3)14-18/h6-11,14-15,21,27H,5,12-13H2,1-4H3/b22-20-. The second-order valence-corrected chi connectivity index (χ2v) is 7.73. The third kappa shape index (κ3) is 4.77. The van der Waals surface area contributed by atoms with Crippen LogP contribution in [0.4, 0.5) is 0 Å². The molecule has 1 saturated heterocycles. The summed E-state index contributed by atoms with van der Waals surface area (Å²) in [4.78, 5) is 31.4. The van der Waals surface area contributed by atoms with E-state index in [0.717, 1.165) is 5.56 Å². The molecule has 1 aliphatic rings. The number of hydrogen-bond donors (Lipinski definition) is 1. The van der Waals surface area contributed by atoms with Crippen molar-refractivity contribution in [3.05, 3.63) is 65.0 Å². The number of rotatable bonds is 8. The average molecular weight is 424 g/mol. The Hall–Kier alpha value is -3.19. The van der Waals surface area contributed by atoms with Gasteiger partial charge in [0, 0.05) is 31.1 Å². The number of aliphatic hydroxyl groups is 1. The minimum Gasteiger partial charge on any atom is -0.507 e. The summed E-state index contributed by atoms with van der Waals surface area (Å²) >= 11 is 0. The van der Waals surface area contributed by atoms with Gasteiger partial charge in [-0.1, -0.05) is 0 Å². The van der Waals surface area contributed by atoms with Crippen molar-refractivity contribution in [2.75, 3.05) is 20.3 Å². The van der Waals surface area contributed by atoms with E-state index in [1.807, 2.05) is 20.8 Å². The molecular weight excluding hydrogens is 396 g/mol. The predicted molar refractivity (Wildman–Crippen MR) is 117 cm³/mol. The van der Waals surface area contributed by atoms with Crippen LogP contribution in [-0.4, -0.2) is 53.0 Å². The van der Waals surface area contributed by atoms with Gasteiger partial charge in [-0.2, -0.15) is 0 Å². The van der Waals surface area contributed by atoms with Crippen LogP contribution in [0.1, 0.15) is 43.0 Å². The topological polar surface area (TPSA) is 89.0 Å². The van der Waals surface area contributed by atoms with Crippen molar-refractivity contribution < 1.29 is 24.2 Å². The van der Waals surface area contributed by atoms with Gasteiger partial charge in [-0.05, 0) is 68.7 Å². The van der Waals surface area contributed by atoms with Crippen LogP contribution in [0.2, 0.25) is 0 Å². The summed E-state index contributed by atoms with van der Waals surface area (Å²) in [6.45, 7) is 6.55. The smallest absolute Gasteiger partial charge is 0.295 e. The fourth-order valence-corrected chi connectivity index (χ4v) is 3.74. The van der Waals surface area contributed by atoms with Gasteiger partial charge in [-0.15, -0.1) is 0 Å². The van der Waals surface area contributed by atoms with Crippen LogP contribution in [0.15, 0.2) is 48.3 Å². The molecule has 0 spiro atoms. The molecule has 1 amide bonds. The second-order valence-electron chi connectivity index (χ2n) is 7.73. The number of aliphatic hydroxyl groups excluding tert-OH is 1. The number of ketones is 1. The van der Waals surface area contributed by atoms with E-state index in [4.69, 9.17) is 9.47 Å². The Morgan fingerprint density at radius 2 is 1.90 bits per heavy atom. The fraction of sp³-hybridized carbons (Fsp3) is 0.375. The van der Waals surface area contributed by atoms with E-state index in [9.17, 15) is 14.7 Å². The van der Waals surface area contributed by atoms with Crippen LogP contribution in [0.25, 0.3) is 5.76 Å². The maximum absolute atomic E-state index is 13.0. The number of pyridine rings is 1. The molecule has 1 fully saturated rings. The highest BCUT2D eigenvalue weighted by atomic mass is 16.5. The van der Waals surface area contributed by atoms with Gasteiger partial charge in [0.1, 0.15) is 11.5 Å². The van der Waals surface area contributed by atoms with Crippen LogP contribution in [0, 0.1) is 6.92 Å². The van der Waals surface area contributed by atoms with Crippen LogP contribution < -0.4 is 4.74 Å². The van der Waals surface area contributed by atoms with E-state index in [2.05, 4.69) is 4.98 Å². The number of aromatic nitrogens is 1. The molecule has 1 aromatic heterocycles. The number of carbonyl (C=O) groups excluding carboxylic acids is 2. The van der Waals surface area contributed by atoms with Gasteiger partial charge in [-0.25, -0.2) is 0 Å². The van der Waals surface area contributed by atoms with Crippen molar-refractivity contribution in [3.63, 3.8) is 0 Å².